The van der Waals surface area contributed by atoms with Crippen LogP contribution < -0.4 is 5.32 Å². The summed E-state index contributed by atoms with van der Waals surface area (Å²) in [6.45, 7) is 3.51. The van der Waals surface area contributed by atoms with Gasteiger partial charge in [0.15, 0.2) is 0 Å². The molecule has 2 aliphatic rings. The van der Waals surface area contributed by atoms with Gasteiger partial charge in [0.05, 0.1) is 6.54 Å². The van der Waals surface area contributed by atoms with Crippen molar-refractivity contribution in [3.05, 3.63) is 0 Å². The Labute approximate surface area is 103 Å². The molecule has 0 aromatic carbocycles. The smallest absolute Gasteiger partial charge is 0.236 e. The lowest BCUT2D eigenvalue weighted by atomic mass is 9.97. The third-order valence-electron chi connectivity index (χ3n) is 4.19. The number of hydrogen-bond acceptors (Lipinski definition) is 3. The quantitative estimate of drug-likeness (QED) is 0.740. The maximum absolute atomic E-state index is 11.8. The van der Waals surface area contributed by atoms with Gasteiger partial charge in [-0.25, -0.2) is 0 Å². The molecule has 1 saturated carbocycles. The minimum atomic E-state index is 0.237. The van der Waals surface area contributed by atoms with E-state index in [-0.39, 0.29) is 5.91 Å². The monoisotopic (exact) mass is 240 g/mol. The van der Waals surface area contributed by atoms with Crippen molar-refractivity contribution in [3.8, 4) is 0 Å². The second-order valence-corrected chi connectivity index (χ2v) is 5.35. The highest BCUT2D eigenvalue weighted by Crippen LogP contribution is 2.30. The maximum Gasteiger partial charge on any atom is 0.236 e. The Morgan fingerprint density at radius 2 is 1.88 bits per heavy atom. The summed E-state index contributed by atoms with van der Waals surface area (Å²) >= 11 is 0. The molecule has 1 heterocycles. The van der Waals surface area contributed by atoms with E-state index in [1.807, 2.05) is 4.90 Å². The molecule has 98 valence electrons. The SMILES string of the molecule is O=C(CNCC1CCCC1CO)N1CCCC1. The Bertz CT molecular complexity index is 252. The fraction of sp³-hybridized carbons (Fsp3) is 0.923. The van der Waals surface area contributed by atoms with E-state index in [1.165, 1.54) is 12.8 Å². The van der Waals surface area contributed by atoms with Crippen LogP contribution in [0.15, 0.2) is 0 Å². The molecule has 2 N–H and O–H groups in total. The first kappa shape index (κ1) is 12.8. The molecule has 1 saturated heterocycles. The highest BCUT2D eigenvalue weighted by molar-refractivity contribution is 5.78. The van der Waals surface area contributed by atoms with Crippen molar-refractivity contribution in [2.45, 2.75) is 32.1 Å². The predicted molar refractivity (Wildman–Crippen MR) is 66.6 cm³/mol. The average Bonchev–Trinajstić information content (AvgIpc) is 2.99. The van der Waals surface area contributed by atoms with Gasteiger partial charge >= 0.3 is 0 Å². The molecule has 0 bridgehead atoms. The minimum absolute atomic E-state index is 0.237. The second-order valence-electron chi connectivity index (χ2n) is 5.35. The zero-order chi connectivity index (χ0) is 12.1. The van der Waals surface area contributed by atoms with Gasteiger partial charge in [0.1, 0.15) is 0 Å². The van der Waals surface area contributed by atoms with Crippen molar-refractivity contribution < 1.29 is 9.90 Å². The van der Waals surface area contributed by atoms with Gasteiger partial charge in [-0.05, 0) is 44.1 Å². The number of aliphatic hydroxyl groups is 1. The van der Waals surface area contributed by atoms with Crippen LogP contribution in [0.4, 0.5) is 0 Å². The van der Waals surface area contributed by atoms with Crippen LogP contribution >= 0.6 is 0 Å². The zero-order valence-corrected chi connectivity index (χ0v) is 10.5. The summed E-state index contributed by atoms with van der Waals surface area (Å²) < 4.78 is 0. The summed E-state index contributed by atoms with van der Waals surface area (Å²) in [4.78, 5) is 13.7. The Morgan fingerprint density at radius 3 is 2.59 bits per heavy atom. The lowest BCUT2D eigenvalue weighted by Crippen LogP contribution is -2.38. The van der Waals surface area contributed by atoms with E-state index < -0.39 is 0 Å². The van der Waals surface area contributed by atoms with E-state index in [0.29, 0.717) is 25.0 Å². The predicted octanol–water partition coefficient (Wildman–Crippen LogP) is 0.607. The van der Waals surface area contributed by atoms with Gasteiger partial charge < -0.3 is 15.3 Å². The van der Waals surface area contributed by atoms with E-state index in [1.54, 1.807) is 0 Å². The van der Waals surface area contributed by atoms with Gasteiger partial charge in [0, 0.05) is 19.7 Å². The second kappa shape index (κ2) is 6.36. The zero-order valence-electron chi connectivity index (χ0n) is 10.5. The van der Waals surface area contributed by atoms with Gasteiger partial charge in [-0.1, -0.05) is 6.42 Å². The van der Waals surface area contributed by atoms with E-state index in [4.69, 9.17) is 0 Å². The number of carbonyl (C=O) groups is 1. The van der Waals surface area contributed by atoms with Gasteiger partial charge in [-0.15, -0.1) is 0 Å². The van der Waals surface area contributed by atoms with Crippen LogP contribution in [0.2, 0.25) is 0 Å². The molecule has 2 rings (SSSR count). The summed E-state index contributed by atoms with van der Waals surface area (Å²) in [6.07, 6.45) is 5.86. The average molecular weight is 240 g/mol. The normalized spacial score (nSPS) is 28.9. The van der Waals surface area contributed by atoms with Gasteiger partial charge in [0.25, 0.3) is 0 Å². The molecule has 17 heavy (non-hydrogen) atoms. The molecule has 1 amide bonds. The van der Waals surface area contributed by atoms with Crippen molar-refractivity contribution in [2.75, 3.05) is 32.8 Å². The summed E-state index contributed by atoms with van der Waals surface area (Å²) in [5, 5.41) is 12.5. The molecule has 4 nitrogen and oxygen atoms in total. The first-order valence-electron chi connectivity index (χ1n) is 6.90. The Balaban J connectivity index is 1.63. The fourth-order valence-corrected chi connectivity index (χ4v) is 3.07. The number of nitrogens with zero attached hydrogens (tertiary/aromatic N) is 1. The van der Waals surface area contributed by atoms with Crippen LogP contribution in [0, 0.1) is 11.8 Å². The fourth-order valence-electron chi connectivity index (χ4n) is 3.07. The molecule has 0 aromatic rings. The first-order chi connectivity index (χ1) is 8.31. The number of carbonyl (C=O) groups excluding carboxylic acids is 1. The molecular weight excluding hydrogens is 216 g/mol. The highest BCUT2D eigenvalue weighted by Gasteiger charge is 2.26. The summed E-state index contributed by atoms with van der Waals surface area (Å²) in [5.74, 6) is 1.25. The van der Waals surface area contributed by atoms with Crippen molar-refractivity contribution in [1.29, 1.82) is 0 Å². The van der Waals surface area contributed by atoms with Crippen molar-refractivity contribution in [2.24, 2.45) is 11.8 Å². The Kier molecular flexibility index (Phi) is 4.80. The van der Waals surface area contributed by atoms with Crippen LogP contribution in [0.5, 0.6) is 0 Å². The van der Waals surface area contributed by atoms with Crippen molar-refractivity contribution >= 4 is 5.91 Å². The van der Waals surface area contributed by atoms with E-state index in [2.05, 4.69) is 5.32 Å². The number of hydrogen-bond donors (Lipinski definition) is 2. The molecule has 4 heteroatoms. The third-order valence-corrected chi connectivity index (χ3v) is 4.19. The number of aliphatic hydroxyl groups excluding tert-OH is 1. The molecule has 0 aromatic heterocycles. The largest absolute Gasteiger partial charge is 0.396 e. The van der Waals surface area contributed by atoms with E-state index >= 15 is 0 Å². The van der Waals surface area contributed by atoms with Gasteiger partial charge in [0.2, 0.25) is 5.91 Å². The lowest BCUT2D eigenvalue weighted by Gasteiger charge is -2.19. The molecule has 0 radical (unpaired) electrons. The Hall–Kier alpha value is -0.610. The lowest BCUT2D eigenvalue weighted by molar-refractivity contribution is -0.129. The Morgan fingerprint density at radius 1 is 1.18 bits per heavy atom. The molecule has 2 atom stereocenters. The van der Waals surface area contributed by atoms with Crippen LogP contribution in [-0.2, 0) is 4.79 Å². The molecule has 1 aliphatic heterocycles. The molecule has 2 fully saturated rings. The minimum Gasteiger partial charge on any atom is -0.396 e. The number of nitrogens with one attached hydrogen (secondary N) is 1. The first-order valence-corrected chi connectivity index (χ1v) is 6.90. The van der Waals surface area contributed by atoms with E-state index in [0.717, 1.165) is 38.9 Å². The van der Waals surface area contributed by atoms with Crippen molar-refractivity contribution in [3.63, 3.8) is 0 Å². The topological polar surface area (TPSA) is 52.6 Å². The summed E-state index contributed by atoms with van der Waals surface area (Å²) in [6, 6.07) is 0. The third kappa shape index (κ3) is 3.42. The molecule has 1 aliphatic carbocycles. The summed E-state index contributed by atoms with van der Waals surface area (Å²) in [5.41, 5.74) is 0. The molecular formula is C13H24N2O2. The highest BCUT2D eigenvalue weighted by atomic mass is 16.3. The number of likely N-dealkylation sites (tertiary alicyclic amines) is 1. The van der Waals surface area contributed by atoms with Crippen LogP contribution in [0.3, 0.4) is 0 Å². The van der Waals surface area contributed by atoms with Crippen LogP contribution in [0.25, 0.3) is 0 Å². The van der Waals surface area contributed by atoms with E-state index in [9.17, 15) is 9.90 Å². The van der Waals surface area contributed by atoms with Crippen molar-refractivity contribution in [1.82, 2.24) is 10.2 Å². The molecule has 0 spiro atoms. The number of rotatable bonds is 5. The summed E-state index contributed by atoms with van der Waals surface area (Å²) in [7, 11) is 0. The molecule has 2 unspecified atom stereocenters. The maximum atomic E-state index is 11.8. The van der Waals surface area contributed by atoms with Gasteiger partial charge in [-0.2, -0.15) is 0 Å². The van der Waals surface area contributed by atoms with Gasteiger partial charge in [-0.3, -0.25) is 4.79 Å². The standard InChI is InChI=1S/C13H24N2O2/c16-10-12-5-3-4-11(12)8-14-9-13(17)15-6-1-2-7-15/h11-12,14,16H,1-10H2. The number of amides is 1. The van der Waals surface area contributed by atoms with Crippen LogP contribution in [0.1, 0.15) is 32.1 Å². The van der Waals surface area contributed by atoms with Crippen LogP contribution in [-0.4, -0.2) is 48.7 Å².